The number of hydrogen-bond acceptors (Lipinski definition) is 5. The maximum Gasteiger partial charge on any atom is 0.326 e. The summed E-state index contributed by atoms with van der Waals surface area (Å²) in [5.41, 5.74) is 0.909. The van der Waals surface area contributed by atoms with Crippen LogP contribution in [-0.4, -0.2) is 41.0 Å². The van der Waals surface area contributed by atoms with Crippen LogP contribution in [0.5, 0.6) is 11.5 Å². The molecule has 2 rings (SSSR count). The number of aromatic hydroxyl groups is 1. The number of rotatable bonds is 9. The first-order chi connectivity index (χ1) is 13.3. The van der Waals surface area contributed by atoms with Gasteiger partial charge < -0.3 is 20.3 Å². The number of hydrogen-bond donors (Lipinski definition) is 3. The van der Waals surface area contributed by atoms with Crippen LogP contribution in [0.15, 0.2) is 42.5 Å². The molecule has 0 aromatic heterocycles. The molecular formula is C20H20ClNO6. The summed E-state index contributed by atoms with van der Waals surface area (Å²) >= 11 is 5.90. The van der Waals surface area contributed by atoms with E-state index in [9.17, 15) is 24.6 Å². The molecule has 1 unspecified atom stereocenters. The Balaban J connectivity index is 1.95. The van der Waals surface area contributed by atoms with Gasteiger partial charge in [0.25, 0.3) is 0 Å². The van der Waals surface area contributed by atoms with Crippen LogP contribution >= 0.6 is 11.6 Å². The van der Waals surface area contributed by atoms with Gasteiger partial charge in [0.1, 0.15) is 17.5 Å². The van der Waals surface area contributed by atoms with Crippen LogP contribution in [0.1, 0.15) is 28.8 Å². The van der Waals surface area contributed by atoms with Crippen molar-refractivity contribution in [2.45, 2.75) is 25.3 Å². The van der Waals surface area contributed by atoms with Gasteiger partial charge in [0.05, 0.1) is 12.7 Å². The van der Waals surface area contributed by atoms with Crippen LogP contribution in [0.25, 0.3) is 0 Å². The Bertz CT molecular complexity index is 865. The minimum absolute atomic E-state index is 0.0530. The number of ether oxygens (including phenoxy) is 1. The molecule has 0 aliphatic heterocycles. The van der Waals surface area contributed by atoms with Gasteiger partial charge in [-0.2, -0.15) is 0 Å². The van der Waals surface area contributed by atoms with E-state index in [-0.39, 0.29) is 36.4 Å². The molecule has 148 valence electrons. The molecule has 0 aliphatic rings. The first-order valence-corrected chi connectivity index (χ1v) is 8.84. The summed E-state index contributed by atoms with van der Waals surface area (Å²) in [5, 5.41) is 21.4. The lowest BCUT2D eigenvalue weighted by Gasteiger charge is -2.15. The van der Waals surface area contributed by atoms with Crippen LogP contribution in [-0.2, 0) is 16.0 Å². The number of nitrogens with one attached hydrogen (secondary N) is 1. The molecular weight excluding hydrogens is 386 g/mol. The number of carbonyl (C=O) groups excluding carboxylic acids is 2. The van der Waals surface area contributed by atoms with Gasteiger partial charge in [-0.25, -0.2) is 4.79 Å². The third-order valence-electron chi connectivity index (χ3n) is 4.05. The minimum Gasteiger partial charge on any atom is -0.508 e. The number of halogens is 1. The number of amides is 1. The summed E-state index contributed by atoms with van der Waals surface area (Å²) in [6.07, 6.45) is -0.237. The molecule has 0 saturated heterocycles. The highest BCUT2D eigenvalue weighted by atomic mass is 35.5. The number of aliphatic carboxylic acids is 1. The molecule has 0 spiro atoms. The molecule has 0 aliphatic carbocycles. The van der Waals surface area contributed by atoms with Crippen LogP contribution in [0.4, 0.5) is 0 Å². The Hall–Kier alpha value is -3.06. The molecule has 0 radical (unpaired) electrons. The lowest BCUT2D eigenvalue weighted by molar-refractivity contribution is -0.141. The van der Waals surface area contributed by atoms with E-state index in [4.69, 9.17) is 16.3 Å². The van der Waals surface area contributed by atoms with E-state index in [1.807, 2.05) is 0 Å². The largest absolute Gasteiger partial charge is 0.508 e. The zero-order chi connectivity index (χ0) is 20.7. The van der Waals surface area contributed by atoms with Gasteiger partial charge in [-0.15, -0.1) is 0 Å². The number of carboxylic acids is 1. The van der Waals surface area contributed by atoms with Crippen LogP contribution in [0, 0.1) is 0 Å². The van der Waals surface area contributed by atoms with E-state index in [1.54, 1.807) is 24.3 Å². The normalized spacial score (nSPS) is 11.5. The van der Waals surface area contributed by atoms with E-state index in [0.29, 0.717) is 16.3 Å². The number of phenols is 1. The van der Waals surface area contributed by atoms with Crippen molar-refractivity contribution in [3.63, 3.8) is 0 Å². The monoisotopic (exact) mass is 405 g/mol. The van der Waals surface area contributed by atoms with Gasteiger partial charge in [0.15, 0.2) is 5.78 Å². The van der Waals surface area contributed by atoms with Gasteiger partial charge >= 0.3 is 5.97 Å². The molecule has 2 aromatic rings. The highest BCUT2D eigenvalue weighted by molar-refractivity contribution is 6.31. The van der Waals surface area contributed by atoms with Crippen LogP contribution in [0.2, 0.25) is 5.02 Å². The lowest BCUT2D eigenvalue weighted by atomic mass is 10.0. The number of carboxylic acid groups (broad SMARTS) is 1. The van der Waals surface area contributed by atoms with E-state index in [2.05, 4.69) is 5.32 Å². The topological polar surface area (TPSA) is 113 Å². The van der Waals surface area contributed by atoms with E-state index < -0.39 is 17.9 Å². The molecule has 2 aromatic carbocycles. The van der Waals surface area contributed by atoms with E-state index in [0.717, 1.165) is 0 Å². The summed E-state index contributed by atoms with van der Waals surface area (Å²) in [6, 6.07) is 9.50. The summed E-state index contributed by atoms with van der Waals surface area (Å²) in [5.74, 6) is -1.66. The van der Waals surface area contributed by atoms with Crippen molar-refractivity contribution in [1.29, 1.82) is 0 Å². The van der Waals surface area contributed by atoms with Crippen molar-refractivity contribution in [2.24, 2.45) is 0 Å². The number of phenolic OH excluding ortho intramolecular Hbond substituents is 1. The third-order valence-corrected chi connectivity index (χ3v) is 4.29. The van der Waals surface area contributed by atoms with Crippen LogP contribution < -0.4 is 10.1 Å². The zero-order valence-corrected chi connectivity index (χ0v) is 15.9. The Morgan fingerprint density at radius 2 is 1.79 bits per heavy atom. The summed E-state index contributed by atoms with van der Waals surface area (Å²) in [7, 11) is 1.42. The van der Waals surface area contributed by atoms with Gasteiger partial charge in [-0.05, 0) is 35.9 Å². The van der Waals surface area contributed by atoms with Gasteiger partial charge in [0, 0.05) is 24.3 Å². The van der Waals surface area contributed by atoms with Gasteiger partial charge in [-0.3, -0.25) is 9.59 Å². The minimum atomic E-state index is -1.19. The average Bonchev–Trinajstić information content (AvgIpc) is 2.67. The molecule has 3 N–H and O–H groups in total. The van der Waals surface area contributed by atoms with Crippen molar-refractivity contribution in [1.82, 2.24) is 5.32 Å². The van der Waals surface area contributed by atoms with E-state index in [1.165, 1.54) is 25.3 Å². The number of ketones is 1. The maximum absolute atomic E-state index is 12.4. The quantitative estimate of drug-likeness (QED) is 0.553. The fraction of sp³-hybridized carbons (Fsp3) is 0.250. The molecule has 0 saturated carbocycles. The standard InChI is InChI=1S/C20H20ClNO6/c1-28-18-8-4-13(21)11-15(18)17(24)7-9-19(25)22-16(20(26)27)10-12-2-5-14(23)6-3-12/h2-6,8,11,16,23H,7,9-10H2,1H3,(H,22,25)(H,26,27). The lowest BCUT2D eigenvalue weighted by Crippen LogP contribution is -2.42. The summed E-state index contributed by atoms with van der Waals surface area (Å²) in [6.45, 7) is 0. The molecule has 1 amide bonds. The van der Waals surface area contributed by atoms with Crippen molar-refractivity contribution in [3.8, 4) is 11.5 Å². The summed E-state index contributed by atoms with van der Waals surface area (Å²) < 4.78 is 5.12. The number of methoxy groups -OCH3 is 1. The highest BCUT2D eigenvalue weighted by Crippen LogP contribution is 2.24. The Morgan fingerprint density at radius 1 is 1.11 bits per heavy atom. The molecule has 28 heavy (non-hydrogen) atoms. The van der Waals surface area contributed by atoms with Crippen molar-refractivity contribution < 1.29 is 29.3 Å². The number of carbonyl (C=O) groups is 3. The smallest absolute Gasteiger partial charge is 0.326 e. The van der Waals surface area contributed by atoms with Crippen molar-refractivity contribution >= 4 is 29.3 Å². The Kier molecular flexibility index (Phi) is 7.40. The molecule has 1 atom stereocenters. The van der Waals surface area contributed by atoms with Gasteiger partial charge in [-0.1, -0.05) is 23.7 Å². The van der Waals surface area contributed by atoms with Crippen molar-refractivity contribution in [3.05, 3.63) is 58.6 Å². The number of benzene rings is 2. The van der Waals surface area contributed by atoms with Crippen molar-refractivity contribution in [2.75, 3.05) is 7.11 Å². The predicted octanol–water partition coefficient (Wildman–Crippen LogP) is 2.83. The van der Waals surface area contributed by atoms with Crippen LogP contribution in [0.3, 0.4) is 0 Å². The second-order valence-electron chi connectivity index (χ2n) is 6.10. The summed E-state index contributed by atoms with van der Waals surface area (Å²) in [4.78, 5) is 35.9. The first kappa shape index (κ1) is 21.2. The second kappa shape index (κ2) is 9.75. The molecule has 0 heterocycles. The third kappa shape index (κ3) is 5.99. The molecule has 0 bridgehead atoms. The van der Waals surface area contributed by atoms with Gasteiger partial charge in [0.2, 0.25) is 5.91 Å². The van der Waals surface area contributed by atoms with E-state index >= 15 is 0 Å². The molecule has 8 heteroatoms. The average molecular weight is 406 g/mol. The SMILES string of the molecule is COc1ccc(Cl)cc1C(=O)CCC(=O)NC(Cc1ccc(O)cc1)C(=O)O. The highest BCUT2D eigenvalue weighted by Gasteiger charge is 2.21. The zero-order valence-electron chi connectivity index (χ0n) is 15.1. The Labute approximate surface area is 166 Å². The first-order valence-electron chi connectivity index (χ1n) is 8.47. The fourth-order valence-corrected chi connectivity index (χ4v) is 2.77. The number of Topliss-reactive ketones (excluding diaryl/α,β-unsaturated/α-hetero) is 1. The fourth-order valence-electron chi connectivity index (χ4n) is 2.59. The second-order valence-corrected chi connectivity index (χ2v) is 6.53. The molecule has 0 fully saturated rings. The predicted molar refractivity (Wildman–Crippen MR) is 103 cm³/mol. The Morgan fingerprint density at radius 3 is 2.39 bits per heavy atom. The molecule has 7 nitrogen and oxygen atoms in total. The maximum atomic E-state index is 12.4.